The number of aryl methyl sites for hydroxylation is 2. The Labute approximate surface area is 220 Å². The van der Waals surface area contributed by atoms with Gasteiger partial charge in [0, 0.05) is 35.1 Å². The van der Waals surface area contributed by atoms with Gasteiger partial charge in [-0.25, -0.2) is 0 Å². The van der Waals surface area contributed by atoms with Gasteiger partial charge in [0.1, 0.15) is 11.8 Å². The summed E-state index contributed by atoms with van der Waals surface area (Å²) in [6.45, 7) is 3.61. The third-order valence-electron chi connectivity index (χ3n) is 5.65. The van der Waals surface area contributed by atoms with Crippen LogP contribution in [0.25, 0.3) is 0 Å². The molecule has 0 aliphatic carbocycles. The maximum Gasteiger partial charge on any atom is 0.261 e. The molecule has 0 bridgehead atoms. The maximum absolute atomic E-state index is 13.5. The second-order valence-corrected chi connectivity index (χ2v) is 9.46. The SMILES string of the molecule is CNC(=O)[C@H](Cc1ccccc1)N(Cc1ccc(Cl)cc1Cl)C(=O)COc1cc(C)c(Cl)c(C)c1. The monoisotopic (exact) mass is 532 g/mol. The van der Waals surface area contributed by atoms with E-state index in [4.69, 9.17) is 39.5 Å². The fraction of sp³-hybridized carbons (Fsp3) is 0.259. The summed E-state index contributed by atoms with van der Waals surface area (Å²) < 4.78 is 5.83. The van der Waals surface area contributed by atoms with E-state index in [1.54, 1.807) is 37.4 Å². The third-order valence-corrected chi connectivity index (χ3v) is 6.83. The van der Waals surface area contributed by atoms with E-state index >= 15 is 0 Å². The van der Waals surface area contributed by atoms with Gasteiger partial charge in [-0.3, -0.25) is 9.59 Å². The zero-order valence-corrected chi connectivity index (χ0v) is 22.0. The normalized spacial score (nSPS) is 11.6. The highest BCUT2D eigenvalue weighted by atomic mass is 35.5. The van der Waals surface area contributed by atoms with Crippen LogP contribution in [0.2, 0.25) is 15.1 Å². The molecule has 0 unspecified atom stereocenters. The van der Waals surface area contributed by atoms with E-state index in [-0.39, 0.29) is 25.0 Å². The molecule has 0 spiro atoms. The van der Waals surface area contributed by atoms with Crippen molar-refractivity contribution in [3.05, 3.63) is 98.0 Å². The number of rotatable bonds is 9. The highest BCUT2D eigenvalue weighted by Crippen LogP contribution is 2.27. The van der Waals surface area contributed by atoms with Crippen LogP contribution < -0.4 is 10.1 Å². The fourth-order valence-corrected chi connectivity index (χ4v) is 4.35. The van der Waals surface area contributed by atoms with E-state index in [2.05, 4.69) is 5.32 Å². The van der Waals surface area contributed by atoms with Crippen LogP contribution in [0.3, 0.4) is 0 Å². The van der Waals surface area contributed by atoms with Gasteiger partial charge in [-0.15, -0.1) is 0 Å². The van der Waals surface area contributed by atoms with E-state index in [9.17, 15) is 9.59 Å². The van der Waals surface area contributed by atoms with Crippen molar-refractivity contribution in [2.45, 2.75) is 32.9 Å². The molecule has 3 rings (SSSR count). The molecular weight excluding hydrogens is 507 g/mol. The van der Waals surface area contributed by atoms with Crippen LogP contribution in [0.1, 0.15) is 22.3 Å². The lowest BCUT2D eigenvalue weighted by molar-refractivity contribution is -0.142. The van der Waals surface area contributed by atoms with Crippen molar-refractivity contribution in [2.24, 2.45) is 0 Å². The van der Waals surface area contributed by atoms with Crippen molar-refractivity contribution in [1.82, 2.24) is 10.2 Å². The van der Waals surface area contributed by atoms with Crippen LogP contribution in [0.4, 0.5) is 0 Å². The summed E-state index contributed by atoms with van der Waals surface area (Å²) in [7, 11) is 1.55. The van der Waals surface area contributed by atoms with E-state index in [0.29, 0.717) is 32.8 Å². The van der Waals surface area contributed by atoms with E-state index in [0.717, 1.165) is 16.7 Å². The summed E-state index contributed by atoms with van der Waals surface area (Å²) in [5, 5.41) is 4.24. The summed E-state index contributed by atoms with van der Waals surface area (Å²) in [5.41, 5.74) is 3.30. The Morgan fingerprint density at radius 2 is 1.63 bits per heavy atom. The molecular formula is C27H27Cl3N2O3. The number of hydrogen-bond donors (Lipinski definition) is 1. The van der Waals surface area contributed by atoms with Crippen molar-refractivity contribution in [1.29, 1.82) is 0 Å². The Morgan fingerprint density at radius 1 is 0.971 bits per heavy atom. The highest BCUT2D eigenvalue weighted by molar-refractivity contribution is 6.35. The summed E-state index contributed by atoms with van der Waals surface area (Å²) >= 11 is 18.7. The topological polar surface area (TPSA) is 58.6 Å². The standard InChI is InChI=1S/C27H27Cl3N2O3/c1-17-11-22(12-18(2)26(17)30)35-16-25(33)32(15-20-9-10-21(28)14-23(20)29)24(27(34)31-3)13-19-7-5-4-6-8-19/h4-12,14,24H,13,15-16H2,1-3H3,(H,31,34)/t24-/m0/s1. The van der Waals surface area contributed by atoms with Gasteiger partial charge in [0.05, 0.1) is 0 Å². The lowest BCUT2D eigenvalue weighted by Gasteiger charge is -2.31. The zero-order valence-electron chi connectivity index (χ0n) is 19.8. The van der Waals surface area contributed by atoms with Crippen LogP contribution in [0, 0.1) is 13.8 Å². The molecule has 35 heavy (non-hydrogen) atoms. The second-order valence-electron chi connectivity index (χ2n) is 8.24. The lowest BCUT2D eigenvalue weighted by atomic mass is 10.0. The minimum atomic E-state index is -0.779. The van der Waals surface area contributed by atoms with Crippen LogP contribution in [0.5, 0.6) is 5.75 Å². The first-order chi connectivity index (χ1) is 16.7. The smallest absolute Gasteiger partial charge is 0.261 e. The van der Waals surface area contributed by atoms with Crippen molar-refractivity contribution in [2.75, 3.05) is 13.7 Å². The molecule has 3 aromatic rings. The van der Waals surface area contributed by atoms with Crippen molar-refractivity contribution in [3.63, 3.8) is 0 Å². The lowest BCUT2D eigenvalue weighted by Crippen LogP contribution is -2.51. The number of hydrogen-bond acceptors (Lipinski definition) is 3. The van der Waals surface area contributed by atoms with Gasteiger partial charge in [0.15, 0.2) is 6.61 Å². The molecule has 0 radical (unpaired) electrons. The summed E-state index contributed by atoms with van der Waals surface area (Å²) in [4.78, 5) is 28.0. The Bertz CT molecular complexity index is 1180. The predicted molar refractivity (Wildman–Crippen MR) is 141 cm³/mol. The number of nitrogens with zero attached hydrogens (tertiary/aromatic N) is 1. The Balaban J connectivity index is 1.91. The Kier molecular flexibility index (Phi) is 9.44. The molecule has 0 heterocycles. The van der Waals surface area contributed by atoms with Gasteiger partial charge in [0.25, 0.3) is 5.91 Å². The van der Waals surface area contributed by atoms with Crippen LogP contribution >= 0.6 is 34.8 Å². The molecule has 2 amide bonds. The number of carbonyl (C=O) groups excluding carboxylic acids is 2. The largest absolute Gasteiger partial charge is 0.484 e. The van der Waals surface area contributed by atoms with E-state index in [1.807, 2.05) is 44.2 Å². The molecule has 1 atom stereocenters. The number of halogens is 3. The predicted octanol–water partition coefficient (Wildman–Crippen LogP) is 6.03. The van der Waals surface area contributed by atoms with Crippen molar-refractivity contribution in [3.8, 4) is 5.75 Å². The first-order valence-corrected chi connectivity index (χ1v) is 12.2. The van der Waals surface area contributed by atoms with E-state index in [1.165, 1.54) is 4.90 Å². The van der Waals surface area contributed by atoms with Crippen LogP contribution in [0.15, 0.2) is 60.7 Å². The summed E-state index contributed by atoms with van der Waals surface area (Å²) in [6, 6.07) is 17.4. The molecule has 5 nitrogen and oxygen atoms in total. The number of likely N-dealkylation sites (N-methyl/N-ethyl adjacent to an activating group) is 1. The Hall–Kier alpha value is -2.73. The third kappa shape index (κ3) is 7.14. The molecule has 0 fully saturated rings. The molecule has 184 valence electrons. The number of nitrogens with one attached hydrogen (secondary N) is 1. The molecule has 0 saturated heterocycles. The van der Waals surface area contributed by atoms with Crippen LogP contribution in [-0.4, -0.2) is 36.4 Å². The first kappa shape index (κ1) is 26.9. The average Bonchev–Trinajstić information content (AvgIpc) is 2.84. The molecule has 0 aromatic heterocycles. The van der Waals surface area contributed by atoms with Crippen LogP contribution in [-0.2, 0) is 22.6 Å². The first-order valence-electron chi connectivity index (χ1n) is 11.1. The summed E-state index contributed by atoms with van der Waals surface area (Å²) in [5.74, 6) is -0.113. The average molecular weight is 534 g/mol. The van der Waals surface area contributed by atoms with Gasteiger partial charge in [-0.2, -0.15) is 0 Å². The number of benzene rings is 3. The molecule has 3 aromatic carbocycles. The number of ether oxygens (including phenoxy) is 1. The van der Waals surface area contributed by atoms with Gasteiger partial charge in [0.2, 0.25) is 5.91 Å². The zero-order chi connectivity index (χ0) is 25.5. The molecule has 0 aliphatic heterocycles. The summed E-state index contributed by atoms with van der Waals surface area (Å²) in [6.07, 6.45) is 0.330. The minimum absolute atomic E-state index is 0.113. The van der Waals surface area contributed by atoms with Gasteiger partial charge in [-0.1, -0.05) is 71.2 Å². The van der Waals surface area contributed by atoms with Crippen molar-refractivity contribution < 1.29 is 14.3 Å². The molecule has 8 heteroatoms. The quantitative estimate of drug-likeness (QED) is 0.365. The number of carbonyl (C=O) groups is 2. The van der Waals surface area contributed by atoms with Gasteiger partial charge >= 0.3 is 0 Å². The molecule has 1 N–H and O–H groups in total. The number of amides is 2. The fourth-order valence-electron chi connectivity index (χ4n) is 3.77. The van der Waals surface area contributed by atoms with E-state index < -0.39 is 6.04 Å². The van der Waals surface area contributed by atoms with Gasteiger partial charge < -0.3 is 15.0 Å². The molecule has 0 saturated carbocycles. The van der Waals surface area contributed by atoms with Gasteiger partial charge in [-0.05, 0) is 60.4 Å². The molecule has 0 aliphatic rings. The minimum Gasteiger partial charge on any atom is -0.484 e. The second kappa shape index (κ2) is 12.3. The highest BCUT2D eigenvalue weighted by Gasteiger charge is 2.30. The maximum atomic E-state index is 13.5. The Morgan fingerprint density at radius 3 is 2.23 bits per heavy atom. The van der Waals surface area contributed by atoms with Crippen molar-refractivity contribution >= 4 is 46.6 Å².